The van der Waals surface area contributed by atoms with E-state index < -0.39 is 0 Å². The molecular formula is C13H14N2O2. The molecule has 2 atom stereocenters. The predicted octanol–water partition coefficient (Wildman–Crippen LogP) is 1.68. The molecule has 2 rings (SSSR count). The summed E-state index contributed by atoms with van der Waals surface area (Å²) in [5, 5.41) is 0. The second-order valence-electron chi connectivity index (χ2n) is 4.21. The zero-order valence-corrected chi connectivity index (χ0v) is 9.67. The molecule has 17 heavy (non-hydrogen) atoms. The summed E-state index contributed by atoms with van der Waals surface area (Å²) in [6, 6.07) is 9.63. The molecule has 1 aliphatic heterocycles. The van der Waals surface area contributed by atoms with Crippen LogP contribution in [0.1, 0.15) is 24.9 Å². The third-order valence-corrected chi connectivity index (χ3v) is 3.12. The number of amides is 1. The number of hydrogen-bond acceptors (Lipinski definition) is 3. The van der Waals surface area contributed by atoms with E-state index in [1.54, 1.807) is 4.90 Å². The molecule has 1 aromatic carbocycles. The zero-order chi connectivity index (χ0) is 12.3. The summed E-state index contributed by atoms with van der Waals surface area (Å²) in [6.45, 7) is 2.49. The summed E-state index contributed by atoms with van der Waals surface area (Å²) in [6.07, 6.45) is 1.84. The summed E-state index contributed by atoms with van der Waals surface area (Å²) in [7, 11) is 0. The van der Waals surface area contributed by atoms with Gasteiger partial charge < -0.3 is 4.90 Å². The van der Waals surface area contributed by atoms with Crippen molar-refractivity contribution in [3.63, 3.8) is 0 Å². The molecule has 0 bridgehead atoms. The van der Waals surface area contributed by atoms with Gasteiger partial charge in [0.1, 0.15) is 0 Å². The first-order valence-corrected chi connectivity index (χ1v) is 5.63. The van der Waals surface area contributed by atoms with Crippen molar-refractivity contribution < 1.29 is 9.59 Å². The van der Waals surface area contributed by atoms with E-state index in [2.05, 4.69) is 4.99 Å². The summed E-state index contributed by atoms with van der Waals surface area (Å²) in [5.41, 5.74) is 1.09. The maximum absolute atomic E-state index is 11.8. The van der Waals surface area contributed by atoms with Crippen molar-refractivity contribution >= 4 is 12.0 Å². The molecule has 1 heterocycles. The highest BCUT2D eigenvalue weighted by molar-refractivity contribution is 5.80. The molecule has 1 fully saturated rings. The van der Waals surface area contributed by atoms with Crippen LogP contribution >= 0.6 is 0 Å². The Morgan fingerprint density at radius 1 is 1.41 bits per heavy atom. The third-order valence-electron chi connectivity index (χ3n) is 3.12. The van der Waals surface area contributed by atoms with Gasteiger partial charge in [-0.05, 0) is 12.5 Å². The molecule has 0 saturated carbocycles. The van der Waals surface area contributed by atoms with Gasteiger partial charge in [0.25, 0.3) is 0 Å². The molecule has 1 saturated heterocycles. The average molecular weight is 230 g/mol. The summed E-state index contributed by atoms with van der Waals surface area (Å²) >= 11 is 0. The van der Waals surface area contributed by atoms with Crippen molar-refractivity contribution in [2.45, 2.75) is 25.4 Å². The minimum atomic E-state index is -0.230. The molecule has 0 radical (unpaired) electrons. The van der Waals surface area contributed by atoms with Crippen molar-refractivity contribution in [1.82, 2.24) is 4.90 Å². The smallest absolute Gasteiger partial charge is 0.235 e. The fraction of sp³-hybridized carbons (Fsp3) is 0.385. The van der Waals surface area contributed by atoms with E-state index in [1.807, 2.05) is 37.3 Å². The highest BCUT2D eigenvalue weighted by atomic mass is 16.2. The highest BCUT2D eigenvalue weighted by Gasteiger charge is 2.32. The maximum atomic E-state index is 11.8. The topological polar surface area (TPSA) is 49.7 Å². The van der Waals surface area contributed by atoms with Gasteiger partial charge in [0, 0.05) is 6.54 Å². The number of likely N-dealkylation sites (tertiary alicyclic amines) is 1. The largest absolute Gasteiger partial charge is 0.334 e. The lowest BCUT2D eigenvalue weighted by Crippen LogP contribution is -2.28. The van der Waals surface area contributed by atoms with Gasteiger partial charge in [-0.2, -0.15) is 0 Å². The minimum absolute atomic E-state index is 0.0237. The molecule has 2 unspecified atom stereocenters. The quantitative estimate of drug-likeness (QED) is 0.586. The number of isocyanates is 1. The van der Waals surface area contributed by atoms with Crippen LogP contribution in [0.2, 0.25) is 0 Å². The third kappa shape index (κ3) is 2.43. The van der Waals surface area contributed by atoms with E-state index >= 15 is 0 Å². The van der Waals surface area contributed by atoms with Crippen LogP contribution in [0.3, 0.4) is 0 Å². The molecule has 0 aromatic heterocycles. The molecule has 0 N–H and O–H groups in total. The van der Waals surface area contributed by atoms with Gasteiger partial charge in [-0.3, -0.25) is 4.79 Å². The van der Waals surface area contributed by atoms with Gasteiger partial charge in [-0.15, -0.1) is 0 Å². The van der Waals surface area contributed by atoms with E-state index in [0.29, 0.717) is 13.0 Å². The van der Waals surface area contributed by atoms with Gasteiger partial charge >= 0.3 is 0 Å². The SMILES string of the molecule is CC(c1ccccc1)N1CC(N=C=O)CC1=O. The van der Waals surface area contributed by atoms with Crippen molar-refractivity contribution in [3.05, 3.63) is 35.9 Å². The van der Waals surface area contributed by atoms with Crippen molar-refractivity contribution in [1.29, 1.82) is 0 Å². The molecular weight excluding hydrogens is 216 g/mol. The number of carbonyl (C=O) groups excluding carboxylic acids is 2. The van der Waals surface area contributed by atoms with Crippen LogP contribution in [0.4, 0.5) is 0 Å². The van der Waals surface area contributed by atoms with Crippen LogP contribution < -0.4 is 0 Å². The Bertz CT molecular complexity index is 452. The molecule has 0 aliphatic carbocycles. The minimum Gasteiger partial charge on any atom is -0.334 e. The first-order valence-electron chi connectivity index (χ1n) is 5.63. The van der Waals surface area contributed by atoms with Gasteiger partial charge in [0.05, 0.1) is 18.5 Å². The highest BCUT2D eigenvalue weighted by Crippen LogP contribution is 2.26. The monoisotopic (exact) mass is 230 g/mol. The van der Waals surface area contributed by atoms with Crippen molar-refractivity contribution in [2.75, 3.05) is 6.54 Å². The second-order valence-corrected chi connectivity index (χ2v) is 4.21. The summed E-state index contributed by atoms with van der Waals surface area (Å²) < 4.78 is 0. The first-order chi connectivity index (χ1) is 8.22. The fourth-order valence-corrected chi connectivity index (χ4v) is 2.16. The van der Waals surface area contributed by atoms with Crippen molar-refractivity contribution in [2.24, 2.45) is 4.99 Å². The lowest BCUT2D eigenvalue weighted by Gasteiger charge is -2.24. The number of carbonyl (C=O) groups is 1. The van der Waals surface area contributed by atoms with Crippen LogP contribution in [0.25, 0.3) is 0 Å². The molecule has 88 valence electrons. The number of benzene rings is 1. The average Bonchev–Trinajstić information content (AvgIpc) is 2.71. The predicted molar refractivity (Wildman–Crippen MR) is 63.1 cm³/mol. The van der Waals surface area contributed by atoms with Crippen LogP contribution in [-0.4, -0.2) is 29.5 Å². The maximum Gasteiger partial charge on any atom is 0.235 e. The molecule has 1 aliphatic rings. The van der Waals surface area contributed by atoms with Gasteiger partial charge in [-0.25, -0.2) is 9.79 Å². The Kier molecular flexibility index (Phi) is 3.35. The second kappa shape index (κ2) is 4.93. The Morgan fingerprint density at radius 2 is 2.12 bits per heavy atom. The lowest BCUT2D eigenvalue weighted by atomic mass is 10.1. The number of nitrogens with zero attached hydrogens (tertiary/aromatic N) is 2. The normalized spacial score (nSPS) is 21.1. The van der Waals surface area contributed by atoms with E-state index in [1.165, 1.54) is 6.08 Å². The molecule has 4 nitrogen and oxygen atoms in total. The standard InChI is InChI=1S/C13H14N2O2/c1-10(11-5-3-2-4-6-11)15-8-12(14-9-16)7-13(15)17/h2-6,10,12H,7-8H2,1H3. The van der Waals surface area contributed by atoms with Gasteiger partial charge in [-0.1, -0.05) is 30.3 Å². The summed E-state index contributed by atoms with van der Waals surface area (Å²) in [4.78, 5) is 27.4. The number of rotatable bonds is 3. The van der Waals surface area contributed by atoms with Crippen LogP contribution in [0, 0.1) is 0 Å². The van der Waals surface area contributed by atoms with E-state index in [4.69, 9.17) is 0 Å². The lowest BCUT2D eigenvalue weighted by molar-refractivity contribution is -0.129. The fourth-order valence-electron chi connectivity index (χ4n) is 2.16. The summed E-state index contributed by atoms with van der Waals surface area (Å²) in [5.74, 6) is 0.0466. The Balaban J connectivity index is 2.13. The first kappa shape index (κ1) is 11.6. The Labute approximate surface area is 100.0 Å². The van der Waals surface area contributed by atoms with Crippen LogP contribution in [0.5, 0.6) is 0 Å². The van der Waals surface area contributed by atoms with E-state index in [0.717, 1.165) is 5.56 Å². The van der Waals surface area contributed by atoms with Crippen LogP contribution in [-0.2, 0) is 9.59 Å². The van der Waals surface area contributed by atoms with Gasteiger partial charge in [0.2, 0.25) is 12.0 Å². The van der Waals surface area contributed by atoms with Gasteiger partial charge in [0.15, 0.2) is 0 Å². The van der Waals surface area contributed by atoms with Crippen molar-refractivity contribution in [3.8, 4) is 0 Å². The van der Waals surface area contributed by atoms with E-state index in [-0.39, 0.29) is 18.0 Å². The zero-order valence-electron chi connectivity index (χ0n) is 9.67. The van der Waals surface area contributed by atoms with Crippen LogP contribution in [0.15, 0.2) is 35.3 Å². The molecule has 1 aromatic rings. The van der Waals surface area contributed by atoms with E-state index in [9.17, 15) is 9.59 Å². The Morgan fingerprint density at radius 3 is 2.76 bits per heavy atom. The number of aliphatic imine (C=N–C) groups is 1. The Hall–Kier alpha value is -1.93. The molecule has 4 heteroatoms. The molecule has 1 amide bonds. The number of hydrogen-bond donors (Lipinski definition) is 0. The molecule has 0 spiro atoms.